The lowest BCUT2D eigenvalue weighted by atomic mass is 10.1. The molecule has 0 aromatic rings. The lowest BCUT2D eigenvalue weighted by Crippen LogP contribution is -2.13. The highest BCUT2D eigenvalue weighted by Gasteiger charge is 2.20. The van der Waals surface area contributed by atoms with E-state index in [4.69, 9.17) is 4.74 Å². The van der Waals surface area contributed by atoms with Crippen molar-refractivity contribution in [3.05, 3.63) is 0 Å². The smallest absolute Gasteiger partial charge is 0.183 e. The molecule has 0 spiro atoms. The van der Waals surface area contributed by atoms with Gasteiger partial charge in [0.1, 0.15) is 6.61 Å². The van der Waals surface area contributed by atoms with E-state index in [0.717, 1.165) is 18.9 Å². The summed E-state index contributed by atoms with van der Waals surface area (Å²) in [5.74, 6) is 1.63. The van der Waals surface area contributed by atoms with Crippen molar-refractivity contribution < 1.29 is 4.74 Å². The lowest BCUT2D eigenvalue weighted by Gasteiger charge is -2.06. The van der Waals surface area contributed by atoms with Gasteiger partial charge in [0.25, 0.3) is 0 Å². The molecule has 0 bridgehead atoms. The Bertz CT molecular complexity index is 248. The highest BCUT2D eigenvalue weighted by Crippen LogP contribution is 2.17. The van der Waals surface area contributed by atoms with E-state index in [0.29, 0.717) is 12.0 Å². The quantitative estimate of drug-likeness (QED) is 0.462. The van der Waals surface area contributed by atoms with Crippen LogP contribution in [0.2, 0.25) is 0 Å². The van der Waals surface area contributed by atoms with E-state index < -0.39 is 0 Å². The van der Waals surface area contributed by atoms with E-state index in [1.54, 1.807) is 0 Å². The van der Waals surface area contributed by atoms with Crippen molar-refractivity contribution in [2.45, 2.75) is 91.0 Å². The standard InChI is InChI=1S/C17H33NO/c1-4-5-6-7-8-9-10-11-12-13-17-18-16(14-19-17)15(2)3/h15-16H,4-14H2,1-3H3. The van der Waals surface area contributed by atoms with Crippen molar-refractivity contribution in [1.82, 2.24) is 0 Å². The van der Waals surface area contributed by atoms with Gasteiger partial charge in [-0.25, -0.2) is 4.99 Å². The van der Waals surface area contributed by atoms with Gasteiger partial charge in [0.15, 0.2) is 5.90 Å². The van der Waals surface area contributed by atoms with Gasteiger partial charge in [0, 0.05) is 6.42 Å². The van der Waals surface area contributed by atoms with Crippen molar-refractivity contribution >= 4 is 5.90 Å². The lowest BCUT2D eigenvalue weighted by molar-refractivity contribution is 0.285. The predicted molar refractivity (Wildman–Crippen MR) is 83.9 cm³/mol. The Morgan fingerprint density at radius 1 is 1.00 bits per heavy atom. The zero-order valence-corrected chi connectivity index (χ0v) is 13.3. The van der Waals surface area contributed by atoms with Gasteiger partial charge in [-0.1, -0.05) is 72.1 Å². The molecular formula is C17H33NO. The minimum atomic E-state index is 0.411. The van der Waals surface area contributed by atoms with Gasteiger partial charge in [-0.15, -0.1) is 0 Å². The molecule has 0 fully saturated rings. The molecule has 0 N–H and O–H groups in total. The molecule has 1 rings (SSSR count). The third-order valence-electron chi connectivity index (χ3n) is 3.99. The molecule has 0 saturated carbocycles. The minimum absolute atomic E-state index is 0.411. The predicted octanol–water partition coefficient (Wildman–Crippen LogP) is 5.36. The van der Waals surface area contributed by atoms with Gasteiger partial charge >= 0.3 is 0 Å². The molecule has 0 aromatic carbocycles. The summed E-state index contributed by atoms with van der Waals surface area (Å²) in [4.78, 5) is 4.65. The number of hydrogen-bond donors (Lipinski definition) is 0. The largest absolute Gasteiger partial charge is 0.479 e. The van der Waals surface area contributed by atoms with Gasteiger partial charge in [-0.05, 0) is 12.3 Å². The van der Waals surface area contributed by atoms with Crippen LogP contribution in [0.1, 0.15) is 85.0 Å². The van der Waals surface area contributed by atoms with E-state index >= 15 is 0 Å². The van der Waals surface area contributed by atoms with Crippen LogP contribution >= 0.6 is 0 Å². The molecule has 0 radical (unpaired) electrons. The Morgan fingerprint density at radius 2 is 1.58 bits per heavy atom. The molecule has 1 aliphatic rings. The Balaban J connectivity index is 1.90. The van der Waals surface area contributed by atoms with Gasteiger partial charge < -0.3 is 4.74 Å². The third-order valence-corrected chi connectivity index (χ3v) is 3.99. The van der Waals surface area contributed by atoms with Crippen molar-refractivity contribution in [2.75, 3.05) is 6.61 Å². The number of ether oxygens (including phenoxy) is 1. The third kappa shape index (κ3) is 7.59. The molecule has 112 valence electrons. The fourth-order valence-corrected chi connectivity index (χ4v) is 2.51. The van der Waals surface area contributed by atoms with Crippen LogP contribution in [0.4, 0.5) is 0 Å². The van der Waals surface area contributed by atoms with Gasteiger partial charge in [-0.3, -0.25) is 0 Å². The second kappa shape index (κ2) is 10.3. The highest BCUT2D eigenvalue weighted by molar-refractivity contribution is 5.77. The summed E-state index contributed by atoms with van der Waals surface area (Å²) in [6.07, 6.45) is 13.5. The van der Waals surface area contributed by atoms with Crippen LogP contribution in [-0.4, -0.2) is 18.5 Å². The summed E-state index contributed by atoms with van der Waals surface area (Å²) in [7, 11) is 0. The van der Waals surface area contributed by atoms with Crippen LogP contribution in [0.3, 0.4) is 0 Å². The van der Waals surface area contributed by atoms with Crippen LogP contribution in [-0.2, 0) is 4.74 Å². The number of aliphatic imine (C=N–C) groups is 1. The number of rotatable bonds is 11. The monoisotopic (exact) mass is 267 g/mol. The number of nitrogens with zero attached hydrogens (tertiary/aromatic N) is 1. The van der Waals surface area contributed by atoms with Crippen molar-refractivity contribution in [1.29, 1.82) is 0 Å². The summed E-state index contributed by atoms with van der Waals surface area (Å²) in [5, 5.41) is 0. The molecule has 0 saturated heterocycles. The molecule has 0 aliphatic carbocycles. The number of unbranched alkanes of at least 4 members (excludes halogenated alkanes) is 8. The Kier molecular flexibility index (Phi) is 8.94. The maximum Gasteiger partial charge on any atom is 0.183 e. The van der Waals surface area contributed by atoms with Gasteiger partial charge in [0.05, 0.1) is 6.04 Å². The summed E-state index contributed by atoms with van der Waals surface area (Å²) in [6, 6.07) is 0.411. The normalized spacial score (nSPS) is 18.7. The first kappa shape index (κ1) is 16.5. The first-order chi connectivity index (χ1) is 9.24. The molecule has 2 nitrogen and oxygen atoms in total. The number of hydrogen-bond acceptors (Lipinski definition) is 2. The zero-order chi connectivity index (χ0) is 13.9. The molecule has 1 atom stereocenters. The van der Waals surface area contributed by atoms with E-state index in [9.17, 15) is 0 Å². The SMILES string of the molecule is CCCCCCCCCCCC1=NC(C(C)C)CO1. The molecule has 0 amide bonds. The average Bonchev–Trinajstić information content (AvgIpc) is 2.86. The van der Waals surface area contributed by atoms with Crippen LogP contribution in [0, 0.1) is 5.92 Å². The fraction of sp³-hybridized carbons (Fsp3) is 0.941. The van der Waals surface area contributed by atoms with E-state index in [1.165, 1.54) is 57.8 Å². The molecule has 1 aliphatic heterocycles. The minimum Gasteiger partial charge on any atom is -0.479 e. The van der Waals surface area contributed by atoms with Crippen molar-refractivity contribution in [3.63, 3.8) is 0 Å². The van der Waals surface area contributed by atoms with E-state index in [2.05, 4.69) is 25.8 Å². The molecule has 1 heterocycles. The molecule has 2 heteroatoms. The maximum atomic E-state index is 5.65. The molecule has 1 unspecified atom stereocenters. The molecule has 19 heavy (non-hydrogen) atoms. The first-order valence-corrected chi connectivity index (χ1v) is 8.43. The van der Waals surface area contributed by atoms with Gasteiger partial charge in [0.2, 0.25) is 0 Å². The van der Waals surface area contributed by atoms with Crippen LogP contribution < -0.4 is 0 Å². The van der Waals surface area contributed by atoms with Crippen LogP contribution in [0.25, 0.3) is 0 Å². The topological polar surface area (TPSA) is 21.6 Å². The summed E-state index contributed by atoms with van der Waals surface area (Å²) in [5.41, 5.74) is 0. The van der Waals surface area contributed by atoms with Crippen molar-refractivity contribution in [2.24, 2.45) is 10.9 Å². The summed E-state index contributed by atoms with van der Waals surface area (Å²) >= 11 is 0. The first-order valence-electron chi connectivity index (χ1n) is 8.43. The Morgan fingerprint density at radius 3 is 2.11 bits per heavy atom. The van der Waals surface area contributed by atoms with Crippen LogP contribution in [0.5, 0.6) is 0 Å². The Labute approximate surface area is 120 Å². The second-order valence-electron chi connectivity index (χ2n) is 6.22. The van der Waals surface area contributed by atoms with Gasteiger partial charge in [-0.2, -0.15) is 0 Å². The summed E-state index contributed by atoms with van der Waals surface area (Å²) in [6.45, 7) is 7.53. The van der Waals surface area contributed by atoms with E-state index in [1.807, 2.05) is 0 Å². The highest BCUT2D eigenvalue weighted by atomic mass is 16.5. The van der Waals surface area contributed by atoms with Crippen LogP contribution in [0.15, 0.2) is 4.99 Å². The maximum absolute atomic E-state index is 5.65. The van der Waals surface area contributed by atoms with Crippen molar-refractivity contribution in [3.8, 4) is 0 Å². The summed E-state index contributed by atoms with van der Waals surface area (Å²) < 4.78 is 5.65. The van der Waals surface area contributed by atoms with E-state index in [-0.39, 0.29) is 0 Å². The Hall–Kier alpha value is -0.530. The fourth-order valence-electron chi connectivity index (χ4n) is 2.51. The average molecular weight is 267 g/mol. The molecule has 0 aromatic heterocycles. The second-order valence-corrected chi connectivity index (χ2v) is 6.22. The molecular weight excluding hydrogens is 234 g/mol. The zero-order valence-electron chi connectivity index (χ0n) is 13.3.